The topological polar surface area (TPSA) is 50.1 Å². The van der Waals surface area contributed by atoms with Crippen LogP contribution in [0.2, 0.25) is 0 Å². The third kappa shape index (κ3) is 3.23. The molecule has 0 radical (unpaired) electrons. The Morgan fingerprint density at radius 3 is 1.64 bits per heavy atom. The number of nitrogens with one attached hydrogen (secondary N) is 2. The molecule has 0 aromatic heterocycles. The monoisotopic (exact) mass is 353 g/mol. The van der Waals surface area contributed by atoms with Gasteiger partial charge >= 0.3 is 0 Å². The minimum atomic E-state index is 0.721. The molecule has 0 spiro atoms. The van der Waals surface area contributed by atoms with E-state index in [9.17, 15) is 0 Å². The van der Waals surface area contributed by atoms with Crippen molar-refractivity contribution in [1.82, 2.24) is 0 Å². The van der Waals surface area contributed by atoms with Crippen LogP contribution < -0.4 is 16.4 Å². The zero-order valence-electron chi connectivity index (χ0n) is 11.9. The van der Waals surface area contributed by atoms with Crippen LogP contribution in [0.4, 0.5) is 28.4 Å². The summed E-state index contributed by atoms with van der Waals surface area (Å²) in [4.78, 5) is 0. The second kappa shape index (κ2) is 6.54. The quantitative estimate of drug-likeness (QED) is 0.541. The smallest absolute Gasteiger partial charge is 0.0624 e. The molecule has 0 amide bonds. The fraction of sp³-hybridized carbons (Fsp3) is 0. The van der Waals surface area contributed by atoms with Gasteiger partial charge in [0, 0.05) is 4.47 Å². The van der Waals surface area contributed by atoms with E-state index in [2.05, 4.69) is 26.6 Å². The molecule has 0 fully saturated rings. The molecule has 0 heterocycles. The van der Waals surface area contributed by atoms with Gasteiger partial charge in [-0.05, 0) is 52.3 Å². The number of hydrogen-bond donors (Lipinski definition) is 3. The average molecular weight is 354 g/mol. The van der Waals surface area contributed by atoms with Gasteiger partial charge < -0.3 is 16.4 Å². The van der Waals surface area contributed by atoms with Gasteiger partial charge in [0.25, 0.3) is 0 Å². The maximum atomic E-state index is 6.00. The maximum absolute atomic E-state index is 6.00. The number of hydrogen-bond acceptors (Lipinski definition) is 3. The van der Waals surface area contributed by atoms with Crippen molar-refractivity contribution < 1.29 is 0 Å². The van der Waals surface area contributed by atoms with Crippen LogP contribution in [0.3, 0.4) is 0 Å². The first kappa shape index (κ1) is 14.5. The van der Waals surface area contributed by atoms with Crippen molar-refractivity contribution >= 4 is 44.4 Å². The molecular weight excluding hydrogens is 338 g/mol. The van der Waals surface area contributed by atoms with Crippen molar-refractivity contribution in [3.63, 3.8) is 0 Å². The number of para-hydroxylation sites is 5. The van der Waals surface area contributed by atoms with Crippen LogP contribution in [0.1, 0.15) is 0 Å². The van der Waals surface area contributed by atoms with E-state index in [1.807, 2.05) is 72.8 Å². The molecule has 0 aliphatic rings. The molecule has 4 N–H and O–H groups in total. The van der Waals surface area contributed by atoms with Crippen molar-refractivity contribution in [3.05, 3.63) is 77.3 Å². The van der Waals surface area contributed by atoms with Crippen LogP contribution in [0.25, 0.3) is 0 Å². The first-order valence-electron chi connectivity index (χ1n) is 6.96. The Morgan fingerprint density at radius 2 is 1.05 bits per heavy atom. The van der Waals surface area contributed by atoms with Crippen molar-refractivity contribution in [3.8, 4) is 0 Å². The summed E-state index contributed by atoms with van der Waals surface area (Å²) in [6, 6.07) is 23.8. The molecule has 110 valence electrons. The molecule has 0 saturated carbocycles. The summed E-state index contributed by atoms with van der Waals surface area (Å²) < 4.78 is 1.02. The van der Waals surface area contributed by atoms with Crippen LogP contribution in [0.15, 0.2) is 77.3 Å². The normalized spacial score (nSPS) is 10.2. The van der Waals surface area contributed by atoms with Gasteiger partial charge in [-0.1, -0.05) is 36.4 Å². The summed E-state index contributed by atoms with van der Waals surface area (Å²) in [6.45, 7) is 0. The Labute approximate surface area is 138 Å². The fourth-order valence-electron chi connectivity index (χ4n) is 2.16. The van der Waals surface area contributed by atoms with E-state index in [0.29, 0.717) is 0 Å². The second-order valence-corrected chi connectivity index (χ2v) is 5.72. The van der Waals surface area contributed by atoms with Crippen LogP contribution >= 0.6 is 15.9 Å². The van der Waals surface area contributed by atoms with Gasteiger partial charge in [0.1, 0.15) is 0 Å². The Morgan fingerprint density at radius 1 is 0.591 bits per heavy atom. The van der Waals surface area contributed by atoms with Gasteiger partial charge in [-0.15, -0.1) is 0 Å². The molecule has 0 unspecified atom stereocenters. The molecule has 4 heteroatoms. The first-order chi connectivity index (χ1) is 10.7. The lowest BCUT2D eigenvalue weighted by Gasteiger charge is -2.15. The number of nitrogens with two attached hydrogens (primary N) is 1. The highest BCUT2D eigenvalue weighted by molar-refractivity contribution is 9.10. The summed E-state index contributed by atoms with van der Waals surface area (Å²) in [7, 11) is 0. The summed E-state index contributed by atoms with van der Waals surface area (Å²) in [6.07, 6.45) is 0. The third-order valence-corrected chi connectivity index (χ3v) is 3.99. The van der Waals surface area contributed by atoms with E-state index in [1.165, 1.54) is 0 Å². The zero-order chi connectivity index (χ0) is 15.4. The molecule has 0 atom stereocenters. The SMILES string of the molecule is Nc1ccccc1Nc1ccccc1Nc1ccccc1Br. The molecule has 0 aliphatic carbocycles. The van der Waals surface area contributed by atoms with Crippen LogP contribution in [0, 0.1) is 0 Å². The summed E-state index contributed by atoms with van der Waals surface area (Å²) in [5, 5.41) is 6.81. The lowest BCUT2D eigenvalue weighted by Crippen LogP contribution is -2.00. The van der Waals surface area contributed by atoms with Crippen LogP contribution in [-0.2, 0) is 0 Å². The molecule has 3 aromatic rings. The Bertz CT molecular complexity index is 720. The Balaban J connectivity index is 1.91. The average Bonchev–Trinajstić information content (AvgIpc) is 2.53. The molecular formula is C18H16BrN3. The van der Waals surface area contributed by atoms with Gasteiger partial charge in [-0.3, -0.25) is 0 Å². The Hall–Kier alpha value is -2.46. The van der Waals surface area contributed by atoms with Crippen molar-refractivity contribution in [1.29, 1.82) is 0 Å². The number of benzene rings is 3. The van der Waals surface area contributed by atoms with Gasteiger partial charge in [0.15, 0.2) is 0 Å². The molecule has 3 nitrogen and oxygen atoms in total. The number of rotatable bonds is 4. The number of halogens is 1. The van der Waals surface area contributed by atoms with Crippen molar-refractivity contribution in [2.45, 2.75) is 0 Å². The predicted octanol–water partition coefficient (Wildman–Crippen LogP) is 5.52. The minimum absolute atomic E-state index is 0.721. The van der Waals surface area contributed by atoms with Gasteiger partial charge in [-0.25, -0.2) is 0 Å². The van der Waals surface area contributed by atoms with E-state index < -0.39 is 0 Å². The van der Waals surface area contributed by atoms with Crippen molar-refractivity contribution in [2.24, 2.45) is 0 Å². The summed E-state index contributed by atoms with van der Waals surface area (Å²) >= 11 is 3.55. The third-order valence-electron chi connectivity index (χ3n) is 3.30. The van der Waals surface area contributed by atoms with Crippen LogP contribution in [0.5, 0.6) is 0 Å². The Kier molecular flexibility index (Phi) is 4.30. The lowest BCUT2D eigenvalue weighted by atomic mass is 10.2. The maximum Gasteiger partial charge on any atom is 0.0624 e. The fourth-order valence-corrected chi connectivity index (χ4v) is 2.55. The first-order valence-corrected chi connectivity index (χ1v) is 7.75. The highest BCUT2D eigenvalue weighted by atomic mass is 79.9. The van der Waals surface area contributed by atoms with E-state index in [-0.39, 0.29) is 0 Å². The van der Waals surface area contributed by atoms with Gasteiger partial charge in [0.2, 0.25) is 0 Å². The van der Waals surface area contributed by atoms with E-state index in [0.717, 1.165) is 32.9 Å². The molecule has 0 aliphatic heterocycles. The molecule has 3 aromatic carbocycles. The second-order valence-electron chi connectivity index (χ2n) is 4.86. The number of nitrogen functional groups attached to an aromatic ring is 1. The molecule has 22 heavy (non-hydrogen) atoms. The molecule has 0 saturated heterocycles. The van der Waals surface area contributed by atoms with Crippen molar-refractivity contribution in [2.75, 3.05) is 16.4 Å². The largest absolute Gasteiger partial charge is 0.397 e. The predicted molar refractivity (Wildman–Crippen MR) is 98.0 cm³/mol. The van der Waals surface area contributed by atoms with Crippen LogP contribution in [-0.4, -0.2) is 0 Å². The standard InChI is InChI=1S/C18H16BrN3/c19-13-7-1-3-9-15(13)21-17-11-5-6-12-18(17)22-16-10-4-2-8-14(16)20/h1-12,21-22H,20H2. The van der Waals surface area contributed by atoms with Gasteiger partial charge in [-0.2, -0.15) is 0 Å². The molecule has 0 bridgehead atoms. The lowest BCUT2D eigenvalue weighted by molar-refractivity contribution is 1.49. The summed E-state index contributed by atoms with van der Waals surface area (Å²) in [5.41, 5.74) is 10.6. The van der Waals surface area contributed by atoms with Gasteiger partial charge in [0.05, 0.1) is 28.4 Å². The minimum Gasteiger partial charge on any atom is -0.397 e. The number of anilines is 5. The van der Waals surface area contributed by atoms with E-state index in [1.54, 1.807) is 0 Å². The van der Waals surface area contributed by atoms with E-state index >= 15 is 0 Å². The zero-order valence-corrected chi connectivity index (χ0v) is 13.5. The highest BCUT2D eigenvalue weighted by Gasteiger charge is 2.06. The molecule has 3 rings (SSSR count). The summed E-state index contributed by atoms with van der Waals surface area (Å²) in [5.74, 6) is 0. The van der Waals surface area contributed by atoms with E-state index in [4.69, 9.17) is 5.73 Å². The highest BCUT2D eigenvalue weighted by Crippen LogP contribution is 2.32.